The molecule has 3 rings (SSSR count). The summed E-state index contributed by atoms with van der Waals surface area (Å²) in [6.45, 7) is -0.435. The highest BCUT2D eigenvalue weighted by Crippen LogP contribution is 2.42. The van der Waals surface area contributed by atoms with Crippen LogP contribution in [0.5, 0.6) is 11.5 Å². The van der Waals surface area contributed by atoms with Gasteiger partial charge in [0.2, 0.25) is 11.8 Å². The molecular formula is C30H31Cl3N2O7. The fourth-order valence-corrected chi connectivity index (χ4v) is 4.33. The van der Waals surface area contributed by atoms with Crippen molar-refractivity contribution in [1.29, 1.82) is 0 Å². The van der Waals surface area contributed by atoms with E-state index in [1.54, 1.807) is 38.5 Å². The molecule has 0 aliphatic rings. The smallest absolute Gasteiger partial charge is 0.358 e. The van der Waals surface area contributed by atoms with Gasteiger partial charge in [-0.15, -0.1) is 0 Å². The number of benzene rings is 3. The molecule has 0 heterocycles. The molecule has 3 N–H and O–H groups in total. The molecule has 0 bridgehead atoms. The number of carbonyl (C=O) groups excluding carboxylic acids is 3. The molecule has 0 spiro atoms. The monoisotopic (exact) mass is 636 g/mol. The highest BCUT2D eigenvalue weighted by Gasteiger charge is 2.40. The van der Waals surface area contributed by atoms with Crippen LogP contribution in [0, 0.1) is 0 Å². The van der Waals surface area contributed by atoms with E-state index in [1.807, 2.05) is 54.6 Å². The van der Waals surface area contributed by atoms with Crippen LogP contribution < -0.4 is 20.5 Å². The van der Waals surface area contributed by atoms with Crippen LogP contribution in [0.1, 0.15) is 29.5 Å². The number of ether oxygens (including phenoxy) is 4. The highest BCUT2D eigenvalue weighted by atomic mass is 35.6. The molecule has 0 radical (unpaired) electrons. The maximum Gasteiger partial charge on any atom is 0.358 e. The molecule has 0 saturated heterocycles. The van der Waals surface area contributed by atoms with Crippen molar-refractivity contribution >= 4 is 52.6 Å². The van der Waals surface area contributed by atoms with Gasteiger partial charge in [-0.25, -0.2) is 4.79 Å². The Kier molecular flexibility index (Phi) is 11.9. The van der Waals surface area contributed by atoms with Crippen molar-refractivity contribution in [3.63, 3.8) is 0 Å². The van der Waals surface area contributed by atoms with E-state index in [4.69, 9.17) is 59.5 Å². The average molecular weight is 638 g/mol. The van der Waals surface area contributed by atoms with Crippen molar-refractivity contribution in [2.75, 3.05) is 27.4 Å². The molecule has 9 nitrogen and oxygen atoms in total. The third kappa shape index (κ3) is 8.75. The molecule has 0 aliphatic heterocycles. The standard InChI is InChI=1S/C30H31Cl3N2O7/c1-39-23-12-8-21(9-13-23)29(20-6-4-3-5-7-20,22-10-14-24(40-2)15-11-22)41-19-25(42-28(38)30(31,32)33)18-35-27(37)17-16-26(34)36/h3-15,25H,16-19H2,1-2H3,(H2,34,36)(H,35,37). The number of primary amides is 1. The Bertz CT molecular complexity index is 1280. The third-order valence-electron chi connectivity index (χ3n) is 6.29. The highest BCUT2D eigenvalue weighted by molar-refractivity contribution is 6.75. The van der Waals surface area contributed by atoms with E-state index in [-0.39, 0.29) is 26.0 Å². The van der Waals surface area contributed by atoms with Gasteiger partial charge >= 0.3 is 5.97 Å². The zero-order valence-corrected chi connectivity index (χ0v) is 25.2. The SMILES string of the molecule is COc1ccc(C(OCC(CNC(=O)CCC(N)=O)OC(=O)C(Cl)(Cl)Cl)(c2ccccc2)c2ccc(OC)cc2)cc1. The number of halogens is 3. The molecule has 0 saturated carbocycles. The number of hydrogen-bond acceptors (Lipinski definition) is 7. The number of amides is 2. The Morgan fingerprint density at radius 1 is 0.786 bits per heavy atom. The second-order valence-corrected chi connectivity index (χ2v) is 11.4. The number of rotatable bonds is 14. The lowest BCUT2D eigenvalue weighted by Crippen LogP contribution is -2.43. The fourth-order valence-electron chi connectivity index (χ4n) is 4.20. The Morgan fingerprint density at radius 2 is 1.29 bits per heavy atom. The van der Waals surface area contributed by atoms with Gasteiger partial charge in [-0.2, -0.15) is 0 Å². The van der Waals surface area contributed by atoms with E-state index >= 15 is 0 Å². The third-order valence-corrected chi connectivity index (χ3v) is 6.75. The predicted octanol–water partition coefficient (Wildman–Crippen LogP) is 4.68. The van der Waals surface area contributed by atoms with Crippen LogP contribution in [0.2, 0.25) is 0 Å². The van der Waals surface area contributed by atoms with E-state index in [1.165, 1.54) is 0 Å². The molecular weight excluding hydrogens is 607 g/mol. The van der Waals surface area contributed by atoms with Crippen molar-refractivity contribution in [1.82, 2.24) is 5.32 Å². The Labute approximate surface area is 259 Å². The molecule has 0 aliphatic carbocycles. The molecule has 3 aromatic rings. The molecule has 0 fully saturated rings. The van der Waals surface area contributed by atoms with Crippen molar-refractivity contribution in [3.8, 4) is 11.5 Å². The Morgan fingerprint density at radius 3 is 1.74 bits per heavy atom. The van der Waals surface area contributed by atoms with Gasteiger partial charge in [0.05, 0.1) is 27.4 Å². The van der Waals surface area contributed by atoms with Crippen molar-refractivity contribution in [2.24, 2.45) is 5.73 Å². The van der Waals surface area contributed by atoms with E-state index in [2.05, 4.69) is 5.32 Å². The first-order valence-electron chi connectivity index (χ1n) is 12.8. The number of esters is 1. The summed E-state index contributed by atoms with van der Waals surface area (Å²) in [4.78, 5) is 35.9. The van der Waals surface area contributed by atoms with E-state index in [9.17, 15) is 14.4 Å². The molecule has 3 aromatic carbocycles. The van der Waals surface area contributed by atoms with Gasteiger partial charge < -0.3 is 30.0 Å². The molecule has 1 unspecified atom stereocenters. The normalized spacial score (nSPS) is 12.2. The van der Waals surface area contributed by atoms with Crippen LogP contribution in [-0.2, 0) is 29.5 Å². The maximum atomic E-state index is 12.5. The van der Waals surface area contributed by atoms with Crippen LogP contribution in [0.4, 0.5) is 0 Å². The van der Waals surface area contributed by atoms with Crippen molar-refractivity contribution in [2.45, 2.75) is 28.3 Å². The summed E-state index contributed by atoms with van der Waals surface area (Å²) in [7, 11) is 3.14. The second-order valence-electron chi connectivity index (χ2n) is 9.11. The van der Waals surface area contributed by atoms with Crippen LogP contribution in [0.25, 0.3) is 0 Å². The molecule has 42 heavy (non-hydrogen) atoms. The number of nitrogens with one attached hydrogen (secondary N) is 1. The fraction of sp³-hybridized carbons (Fsp3) is 0.300. The zero-order chi connectivity index (χ0) is 30.8. The number of hydrogen-bond donors (Lipinski definition) is 2. The quantitative estimate of drug-likeness (QED) is 0.149. The summed E-state index contributed by atoms with van der Waals surface area (Å²) in [5.41, 5.74) is 6.13. The number of carbonyl (C=O) groups is 3. The lowest BCUT2D eigenvalue weighted by atomic mass is 9.80. The minimum Gasteiger partial charge on any atom is -0.497 e. The second kappa shape index (κ2) is 15.1. The molecule has 1 atom stereocenters. The van der Waals surface area contributed by atoms with E-state index < -0.39 is 33.3 Å². The minimum absolute atomic E-state index is 0.146. The van der Waals surface area contributed by atoms with Crippen molar-refractivity contribution in [3.05, 3.63) is 95.6 Å². The van der Waals surface area contributed by atoms with E-state index in [0.29, 0.717) is 11.5 Å². The van der Waals surface area contributed by atoms with Gasteiger partial charge in [0.15, 0.2) is 0 Å². The topological polar surface area (TPSA) is 126 Å². The summed E-state index contributed by atoms with van der Waals surface area (Å²) in [5, 5.41) is 2.61. The number of nitrogens with two attached hydrogens (primary N) is 1. The van der Waals surface area contributed by atoms with Gasteiger partial charge in [0.25, 0.3) is 3.79 Å². The van der Waals surface area contributed by atoms with Crippen LogP contribution in [0.15, 0.2) is 78.9 Å². The summed E-state index contributed by atoms with van der Waals surface area (Å²) in [5.74, 6) is -0.971. The summed E-state index contributed by atoms with van der Waals surface area (Å²) in [6.07, 6.45) is -1.38. The maximum absolute atomic E-state index is 12.5. The summed E-state index contributed by atoms with van der Waals surface area (Å²) >= 11 is 17.3. The van der Waals surface area contributed by atoms with Gasteiger partial charge in [-0.3, -0.25) is 9.59 Å². The van der Waals surface area contributed by atoms with E-state index in [0.717, 1.165) is 16.7 Å². The predicted molar refractivity (Wildman–Crippen MR) is 160 cm³/mol. The first kappa shape index (κ1) is 33.0. The minimum atomic E-state index is -2.36. The Balaban J connectivity index is 2.06. The largest absolute Gasteiger partial charge is 0.497 e. The molecule has 12 heteroatoms. The van der Waals surface area contributed by atoms with Gasteiger partial charge in [0, 0.05) is 12.8 Å². The summed E-state index contributed by atoms with van der Waals surface area (Å²) in [6, 6.07) is 24.1. The lowest BCUT2D eigenvalue weighted by Gasteiger charge is -2.37. The van der Waals surface area contributed by atoms with Gasteiger partial charge in [-0.1, -0.05) is 89.4 Å². The number of methoxy groups -OCH3 is 2. The summed E-state index contributed by atoms with van der Waals surface area (Å²) < 4.78 is 20.6. The average Bonchev–Trinajstić information content (AvgIpc) is 2.99. The first-order valence-corrected chi connectivity index (χ1v) is 13.9. The lowest BCUT2D eigenvalue weighted by molar-refractivity contribution is -0.154. The van der Waals surface area contributed by atoms with Gasteiger partial charge in [-0.05, 0) is 41.0 Å². The Hall–Kier alpha value is -3.50. The van der Waals surface area contributed by atoms with Crippen LogP contribution in [-0.4, -0.2) is 55.1 Å². The molecule has 2 amide bonds. The molecule has 224 valence electrons. The van der Waals surface area contributed by atoms with Crippen molar-refractivity contribution < 1.29 is 33.3 Å². The molecule has 0 aromatic heterocycles. The number of alkyl halides is 3. The zero-order valence-electron chi connectivity index (χ0n) is 23.0. The van der Waals surface area contributed by atoms with Gasteiger partial charge in [0.1, 0.15) is 23.2 Å². The van der Waals surface area contributed by atoms with Crippen LogP contribution >= 0.6 is 34.8 Å². The first-order chi connectivity index (χ1) is 20.0. The van der Waals surface area contributed by atoms with Crippen LogP contribution in [0.3, 0.4) is 0 Å².